The average molecular weight is 597 g/mol. The highest BCUT2D eigenvalue weighted by Gasteiger charge is 2.68. The lowest BCUT2D eigenvalue weighted by molar-refractivity contribution is -0.145. The van der Waals surface area contributed by atoms with E-state index in [-0.39, 0.29) is 11.3 Å². The summed E-state index contributed by atoms with van der Waals surface area (Å²) >= 11 is 3.82. The van der Waals surface area contributed by atoms with Crippen molar-refractivity contribution in [3.8, 4) is 10.4 Å². The molecule has 0 radical (unpaired) electrons. The largest absolute Gasteiger partial charge is 0.480 e. The Kier molecular flexibility index (Phi) is 6.63. The van der Waals surface area contributed by atoms with E-state index in [1.54, 1.807) is 53.8 Å². The van der Waals surface area contributed by atoms with Crippen molar-refractivity contribution >= 4 is 55.9 Å². The van der Waals surface area contributed by atoms with Crippen molar-refractivity contribution in [2.75, 3.05) is 6.54 Å². The van der Waals surface area contributed by atoms with E-state index in [0.29, 0.717) is 9.87 Å². The minimum Gasteiger partial charge on any atom is -0.480 e. The molecule has 2 unspecified atom stereocenters. The second-order valence-electron chi connectivity index (χ2n) is 7.78. The molecule has 1 aliphatic rings. The maximum absolute atomic E-state index is 13.5. The monoisotopic (exact) mass is 597 g/mol. The number of hydrogen-bond donors (Lipinski definition) is 2. The molecule has 1 aromatic heterocycles. The highest BCUT2D eigenvalue weighted by atomic mass is 127. The number of carbonyl (C=O) groups is 2. The first-order chi connectivity index (χ1) is 15.7. The van der Waals surface area contributed by atoms with Gasteiger partial charge in [-0.15, -0.1) is 11.3 Å². The standard InChI is InChI=1S/C23H20INO6S2/c24-12-15-10-20(32-14-15)17-6-8-18(9-7-17)33(30,31)25(13-21(26)27)23(22(28)29)11-19(23)16-4-2-1-3-5-16/h1-10,14,19H,11-13H2,(H,26,27)(H,28,29). The minimum absolute atomic E-state index is 0.00517. The van der Waals surface area contributed by atoms with Gasteiger partial charge in [-0.3, -0.25) is 9.59 Å². The third-order valence-electron chi connectivity index (χ3n) is 5.76. The summed E-state index contributed by atoms with van der Waals surface area (Å²) in [4.78, 5) is 24.8. The zero-order chi connectivity index (χ0) is 23.8. The first-order valence-electron chi connectivity index (χ1n) is 9.97. The van der Waals surface area contributed by atoms with Crippen molar-refractivity contribution in [1.29, 1.82) is 0 Å². The lowest BCUT2D eigenvalue weighted by Crippen LogP contribution is -2.50. The molecule has 1 aliphatic carbocycles. The van der Waals surface area contributed by atoms with Crippen LogP contribution < -0.4 is 0 Å². The van der Waals surface area contributed by atoms with Crippen LogP contribution in [-0.2, 0) is 24.0 Å². The number of carboxylic acid groups (broad SMARTS) is 2. The van der Waals surface area contributed by atoms with Gasteiger partial charge in [-0.2, -0.15) is 4.31 Å². The lowest BCUT2D eigenvalue weighted by Gasteiger charge is -2.28. The van der Waals surface area contributed by atoms with Crippen LogP contribution in [0.2, 0.25) is 0 Å². The Labute approximate surface area is 208 Å². The lowest BCUT2D eigenvalue weighted by atomic mass is 10.1. The number of nitrogens with zero attached hydrogens (tertiary/aromatic N) is 1. The van der Waals surface area contributed by atoms with Crippen molar-refractivity contribution in [1.82, 2.24) is 4.31 Å². The molecule has 0 spiro atoms. The van der Waals surface area contributed by atoms with E-state index >= 15 is 0 Å². The maximum atomic E-state index is 13.5. The molecule has 2 N–H and O–H groups in total. The predicted molar refractivity (Wildman–Crippen MR) is 133 cm³/mol. The highest BCUT2D eigenvalue weighted by Crippen LogP contribution is 2.57. The molecule has 0 bridgehead atoms. The number of alkyl halides is 1. The molecule has 1 saturated carbocycles. The number of halogens is 1. The fourth-order valence-corrected chi connectivity index (χ4v) is 7.41. The molecule has 0 saturated heterocycles. The van der Waals surface area contributed by atoms with Crippen molar-refractivity contribution in [2.24, 2.45) is 0 Å². The van der Waals surface area contributed by atoms with Gasteiger partial charge < -0.3 is 10.2 Å². The van der Waals surface area contributed by atoms with Crippen LogP contribution in [0.25, 0.3) is 10.4 Å². The van der Waals surface area contributed by atoms with Crippen LogP contribution >= 0.6 is 33.9 Å². The fraction of sp³-hybridized carbons (Fsp3) is 0.217. The number of aliphatic carboxylic acids is 2. The van der Waals surface area contributed by atoms with Gasteiger partial charge in [0.15, 0.2) is 0 Å². The SMILES string of the molecule is O=C(O)CN(C1(C(=O)O)CC1c1ccccc1)S(=O)(=O)c1ccc(-c2cc(CI)cs2)cc1. The predicted octanol–water partition coefficient (Wildman–Crippen LogP) is 4.44. The third-order valence-corrected chi connectivity index (χ3v) is 9.57. The van der Waals surface area contributed by atoms with Crippen LogP contribution in [0.1, 0.15) is 23.5 Å². The summed E-state index contributed by atoms with van der Waals surface area (Å²) in [6, 6.07) is 16.8. The zero-order valence-corrected chi connectivity index (χ0v) is 21.0. The van der Waals surface area contributed by atoms with Crippen LogP contribution in [0.5, 0.6) is 0 Å². The second kappa shape index (κ2) is 9.16. The summed E-state index contributed by atoms with van der Waals surface area (Å²) in [5, 5.41) is 21.5. The minimum atomic E-state index is -4.40. The molecule has 1 fully saturated rings. The molecule has 7 nitrogen and oxygen atoms in total. The van der Waals surface area contributed by atoms with Gasteiger partial charge >= 0.3 is 11.9 Å². The molecule has 1 heterocycles. The van der Waals surface area contributed by atoms with Crippen molar-refractivity contribution in [2.45, 2.75) is 27.2 Å². The Balaban J connectivity index is 1.72. The summed E-state index contributed by atoms with van der Waals surface area (Å²) in [5.74, 6) is -3.41. The van der Waals surface area contributed by atoms with Gasteiger partial charge in [0.25, 0.3) is 0 Å². The summed E-state index contributed by atoms with van der Waals surface area (Å²) in [7, 11) is -4.40. The van der Waals surface area contributed by atoms with Gasteiger partial charge in [0.1, 0.15) is 12.1 Å². The van der Waals surface area contributed by atoms with Crippen LogP contribution in [-0.4, -0.2) is 47.0 Å². The van der Waals surface area contributed by atoms with Gasteiger partial charge in [0, 0.05) is 15.2 Å². The zero-order valence-electron chi connectivity index (χ0n) is 17.2. The van der Waals surface area contributed by atoms with E-state index in [0.717, 1.165) is 14.9 Å². The van der Waals surface area contributed by atoms with E-state index in [2.05, 4.69) is 22.6 Å². The first kappa shape index (κ1) is 23.9. The van der Waals surface area contributed by atoms with Crippen LogP contribution in [0.3, 0.4) is 0 Å². The molecule has 2 aromatic carbocycles. The topological polar surface area (TPSA) is 112 Å². The van der Waals surface area contributed by atoms with Gasteiger partial charge in [0.2, 0.25) is 10.0 Å². The molecule has 2 atom stereocenters. The normalized spacial score (nSPS) is 20.0. The second-order valence-corrected chi connectivity index (χ2v) is 11.3. The van der Waals surface area contributed by atoms with Crippen molar-refractivity contribution < 1.29 is 28.2 Å². The van der Waals surface area contributed by atoms with Crippen molar-refractivity contribution in [3.05, 3.63) is 77.2 Å². The Morgan fingerprint density at radius 1 is 1.09 bits per heavy atom. The first-order valence-corrected chi connectivity index (χ1v) is 13.8. The van der Waals surface area contributed by atoms with Gasteiger partial charge in [-0.25, -0.2) is 8.42 Å². The van der Waals surface area contributed by atoms with Crippen LogP contribution in [0, 0.1) is 0 Å². The number of hydrogen-bond acceptors (Lipinski definition) is 5. The Morgan fingerprint density at radius 3 is 2.30 bits per heavy atom. The van der Waals surface area contributed by atoms with E-state index in [1.807, 2.05) is 11.4 Å². The quantitative estimate of drug-likeness (QED) is 0.279. The molecule has 10 heteroatoms. The number of carboxylic acids is 2. The van der Waals surface area contributed by atoms with E-state index < -0.39 is 40.0 Å². The average Bonchev–Trinajstić information content (AvgIpc) is 3.38. The molecular weight excluding hydrogens is 577 g/mol. The Morgan fingerprint density at radius 2 is 1.76 bits per heavy atom. The number of sulfonamides is 1. The van der Waals surface area contributed by atoms with Crippen molar-refractivity contribution in [3.63, 3.8) is 0 Å². The maximum Gasteiger partial charge on any atom is 0.325 e. The summed E-state index contributed by atoms with van der Waals surface area (Å²) in [6.07, 6.45) is 0.00517. The molecular formula is C23H20INO6S2. The van der Waals surface area contributed by atoms with E-state index in [1.165, 1.54) is 17.7 Å². The molecule has 4 rings (SSSR count). The summed E-state index contributed by atoms with van der Waals surface area (Å²) in [6.45, 7) is -0.941. The molecule has 172 valence electrons. The Bertz CT molecular complexity index is 1290. The smallest absolute Gasteiger partial charge is 0.325 e. The number of thiophene rings is 1. The van der Waals surface area contributed by atoms with E-state index in [4.69, 9.17) is 0 Å². The molecule has 0 aliphatic heterocycles. The third kappa shape index (κ3) is 4.44. The number of rotatable bonds is 9. The Hall–Kier alpha value is -2.28. The molecule has 33 heavy (non-hydrogen) atoms. The van der Waals surface area contributed by atoms with Gasteiger partial charge in [-0.05, 0) is 46.7 Å². The fourth-order valence-electron chi connectivity index (χ4n) is 4.03. The van der Waals surface area contributed by atoms with Gasteiger partial charge in [0.05, 0.1) is 4.90 Å². The summed E-state index contributed by atoms with van der Waals surface area (Å²) < 4.78 is 28.6. The van der Waals surface area contributed by atoms with Gasteiger partial charge in [-0.1, -0.05) is 65.1 Å². The molecule has 3 aromatic rings. The van der Waals surface area contributed by atoms with Crippen LogP contribution in [0.4, 0.5) is 0 Å². The van der Waals surface area contributed by atoms with Crippen LogP contribution in [0.15, 0.2) is 70.9 Å². The molecule has 0 amide bonds. The highest BCUT2D eigenvalue weighted by molar-refractivity contribution is 14.1. The summed E-state index contributed by atoms with van der Waals surface area (Å²) in [5.41, 5.74) is 0.815. The van der Waals surface area contributed by atoms with E-state index in [9.17, 15) is 28.2 Å². The number of benzene rings is 2.